The summed E-state index contributed by atoms with van der Waals surface area (Å²) >= 11 is 1.42. The van der Waals surface area contributed by atoms with E-state index in [1.54, 1.807) is 5.41 Å². The van der Waals surface area contributed by atoms with Crippen LogP contribution in [0, 0.1) is 0 Å². The third-order valence-electron chi connectivity index (χ3n) is 0.707. The molecule has 0 aromatic rings. The lowest BCUT2D eigenvalue weighted by atomic mass is 10.3. The molecule has 0 radical (unpaired) electrons. The number of carboxylic acids is 1. The molecule has 0 saturated carbocycles. The summed E-state index contributed by atoms with van der Waals surface area (Å²) in [6, 6.07) is -0.863. The zero-order valence-electron chi connectivity index (χ0n) is 5.07. The molecule has 0 bridgehead atoms. The minimum Gasteiger partial charge on any atom is -0.480 e. The van der Waals surface area contributed by atoms with Gasteiger partial charge in [0.15, 0.2) is 0 Å². The van der Waals surface area contributed by atoms with Crippen LogP contribution in [0.1, 0.15) is 0 Å². The molecule has 0 aliphatic carbocycles. The van der Waals surface area contributed by atoms with Gasteiger partial charge in [0, 0.05) is 0 Å². The summed E-state index contributed by atoms with van der Waals surface area (Å²) in [7, 11) is 0. The molecule has 0 fully saturated rings. The number of aliphatic carboxylic acids is 1. The van der Waals surface area contributed by atoms with Crippen LogP contribution in [0.5, 0.6) is 0 Å². The fraction of sp³-hybridized carbons (Fsp3) is 0.400. The van der Waals surface area contributed by atoms with Gasteiger partial charge in [-0.2, -0.15) is 0 Å². The van der Waals surface area contributed by atoms with E-state index in [1.165, 1.54) is 17.8 Å². The smallest absolute Gasteiger partial charge is 0.324 e. The summed E-state index contributed by atoms with van der Waals surface area (Å²) in [5.41, 5.74) is 5.10. The summed E-state index contributed by atoms with van der Waals surface area (Å²) < 4.78 is 0. The number of hydrogen-bond acceptors (Lipinski definition) is 3. The summed E-state index contributed by atoms with van der Waals surface area (Å²) in [4.78, 5) is 10.0. The van der Waals surface area contributed by atoms with E-state index in [9.17, 15) is 4.79 Å². The molecule has 0 saturated heterocycles. The first-order chi connectivity index (χ1) is 4.18. The van der Waals surface area contributed by atoms with Crippen molar-refractivity contribution in [2.45, 2.75) is 6.04 Å². The monoisotopic (exact) mass is 147 g/mol. The molecule has 0 amide bonds. The van der Waals surface area contributed by atoms with Gasteiger partial charge in [-0.3, -0.25) is 4.79 Å². The molecule has 0 unspecified atom stereocenters. The predicted octanol–water partition coefficient (Wildman–Crippen LogP) is 0.275. The Morgan fingerprint density at radius 2 is 2.44 bits per heavy atom. The van der Waals surface area contributed by atoms with Gasteiger partial charge in [0.25, 0.3) is 0 Å². The molecule has 0 heterocycles. The topological polar surface area (TPSA) is 63.3 Å². The average Bonchev–Trinajstić information content (AvgIpc) is 1.82. The summed E-state index contributed by atoms with van der Waals surface area (Å²) in [6.45, 7) is 0. The number of thioether (sulfide) groups is 1. The van der Waals surface area contributed by atoms with E-state index >= 15 is 0 Å². The Morgan fingerprint density at radius 1 is 1.89 bits per heavy atom. The van der Waals surface area contributed by atoms with Crippen LogP contribution < -0.4 is 5.73 Å². The largest absolute Gasteiger partial charge is 0.480 e. The molecule has 0 spiro atoms. The molecule has 0 aromatic carbocycles. The van der Waals surface area contributed by atoms with E-state index in [-0.39, 0.29) is 0 Å². The van der Waals surface area contributed by atoms with Crippen LogP contribution in [0.15, 0.2) is 11.5 Å². The molecular formula is C5H9NO2S. The molecule has 52 valence electrons. The maximum Gasteiger partial charge on any atom is 0.324 e. The van der Waals surface area contributed by atoms with Crippen LogP contribution in [0.4, 0.5) is 0 Å². The highest BCUT2D eigenvalue weighted by atomic mass is 32.2. The Bertz CT molecular complexity index is 124. The van der Waals surface area contributed by atoms with E-state index < -0.39 is 12.0 Å². The van der Waals surface area contributed by atoms with Gasteiger partial charge >= 0.3 is 5.97 Å². The van der Waals surface area contributed by atoms with Gasteiger partial charge in [-0.1, -0.05) is 6.08 Å². The van der Waals surface area contributed by atoms with Gasteiger partial charge in [-0.25, -0.2) is 0 Å². The number of hydrogen-bond donors (Lipinski definition) is 2. The average molecular weight is 147 g/mol. The van der Waals surface area contributed by atoms with E-state index in [2.05, 4.69) is 0 Å². The zero-order valence-corrected chi connectivity index (χ0v) is 5.89. The fourth-order valence-electron chi connectivity index (χ4n) is 0.246. The molecule has 3 N–H and O–H groups in total. The first-order valence-electron chi connectivity index (χ1n) is 2.36. The van der Waals surface area contributed by atoms with E-state index in [0.717, 1.165) is 0 Å². The fourth-order valence-corrected chi connectivity index (χ4v) is 0.572. The second-order valence-electron chi connectivity index (χ2n) is 1.43. The minimum absolute atomic E-state index is 0.863. The highest BCUT2D eigenvalue weighted by Crippen LogP contribution is 1.94. The van der Waals surface area contributed by atoms with Crippen molar-refractivity contribution in [2.75, 3.05) is 6.26 Å². The van der Waals surface area contributed by atoms with Crippen LogP contribution >= 0.6 is 11.8 Å². The second-order valence-corrected chi connectivity index (χ2v) is 2.17. The van der Waals surface area contributed by atoms with E-state index in [0.29, 0.717) is 0 Å². The van der Waals surface area contributed by atoms with Crippen molar-refractivity contribution in [3.63, 3.8) is 0 Å². The summed E-state index contributed by atoms with van der Waals surface area (Å²) in [5.74, 6) is -1.000. The molecular weight excluding hydrogens is 138 g/mol. The lowest BCUT2D eigenvalue weighted by molar-refractivity contribution is -0.137. The van der Waals surface area contributed by atoms with Crippen molar-refractivity contribution in [3.8, 4) is 0 Å². The Labute approximate surface area is 57.9 Å². The van der Waals surface area contributed by atoms with Crippen molar-refractivity contribution in [2.24, 2.45) is 5.73 Å². The lowest BCUT2D eigenvalue weighted by Crippen LogP contribution is -2.27. The predicted molar refractivity (Wildman–Crippen MR) is 38.3 cm³/mol. The lowest BCUT2D eigenvalue weighted by Gasteiger charge is -1.95. The van der Waals surface area contributed by atoms with Gasteiger partial charge in [-0.05, 0) is 11.7 Å². The summed E-state index contributed by atoms with van der Waals surface area (Å²) in [5, 5.41) is 9.87. The maximum atomic E-state index is 10.0. The SMILES string of the molecule is CS/C=C\[C@H](N)C(=O)O. The van der Waals surface area contributed by atoms with Crippen molar-refractivity contribution in [1.82, 2.24) is 0 Å². The first kappa shape index (κ1) is 8.52. The highest BCUT2D eigenvalue weighted by Gasteiger charge is 2.04. The molecule has 0 rings (SSSR count). The quantitative estimate of drug-likeness (QED) is 0.601. The molecule has 0 aliphatic rings. The Morgan fingerprint density at radius 3 is 2.78 bits per heavy atom. The van der Waals surface area contributed by atoms with Gasteiger partial charge < -0.3 is 10.8 Å². The van der Waals surface area contributed by atoms with Crippen LogP contribution in [-0.2, 0) is 4.79 Å². The molecule has 0 aliphatic heterocycles. The van der Waals surface area contributed by atoms with Crippen LogP contribution in [0.3, 0.4) is 0 Å². The number of rotatable bonds is 3. The molecule has 3 nitrogen and oxygen atoms in total. The van der Waals surface area contributed by atoms with Crippen LogP contribution in [-0.4, -0.2) is 23.4 Å². The standard InChI is InChI=1S/C5H9NO2S/c1-9-3-2-4(6)5(7)8/h2-4H,6H2,1H3,(H,7,8)/b3-2-/t4-/m0/s1. The van der Waals surface area contributed by atoms with Gasteiger partial charge in [0.05, 0.1) is 0 Å². The molecule has 4 heteroatoms. The number of nitrogens with two attached hydrogens (primary N) is 1. The van der Waals surface area contributed by atoms with Crippen molar-refractivity contribution < 1.29 is 9.90 Å². The third-order valence-corrected chi connectivity index (χ3v) is 1.14. The van der Waals surface area contributed by atoms with Crippen LogP contribution in [0.25, 0.3) is 0 Å². The van der Waals surface area contributed by atoms with E-state index in [4.69, 9.17) is 10.8 Å². The highest BCUT2D eigenvalue weighted by molar-refractivity contribution is 8.01. The summed E-state index contributed by atoms with van der Waals surface area (Å²) in [6.07, 6.45) is 3.28. The normalized spacial score (nSPS) is 14.0. The number of carbonyl (C=O) groups is 1. The van der Waals surface area contributed by atoms with Crippen molar-refractivity contribution in [1.29, 1.82) is 0 Å². The Balaban J connectivity index is 3.62. The Kier molecular flexibility index (Phi) is 4.17. The third kappa shape index (κ3) is 4.05. The second kappa shape index (κ2) is 4.40. The van der Waals surface area contributed by atoms with Crippen LogP contribution in [0.2, 0.25) is 0 Å². The molecule has 0 aromatic heterocycles. The van der Waals surface area contributed by atoms with Gasteiger partial charge in [0.2, 0.25) is 0 Å². The number of carboxylic acid groups (broad SMARTS) is 1. The minimum atomic E-state index is -1.000. The zero-order chi connectivity index (χ0) is 7.28. The Hall–Kier alpha value is -0.480. The van der Waals surface area contributed by atoms with Gasteiger partial charge in [0.1, 0.15) is 6.04 Å². The van der Waals surface area contributed by atoms with Gasteiger partial charge in [-0.15, -0.1) is 11.8 Å². The van der Waals surface area contributed by atoms with Crippen molar-refractivity contribution in [3.05, 3.63) is 11.5 Å². The maximum absolute atomic E-state index is 10.0. The van der Waals surface area contributed by atoms with E-state index in [1.807, 2.05) is 6.26 Å². The van der Waals surface area contributed by atoms with Crippen molar-refractivity contribution >= 4 is 17.7 Å². The molecule has 9 heavy (non-hydrogen) atoms. The molecule has 1 atom stereocenters. The first-order valence-corrected chi connectivity index (χ1v) is 3.65.